The van der Waals surface area contributed by atoms with Crippen molar-refractivity contribution in [2.45, 2.75) is 23.8 Å². The monoisotopic (exact) mass is 464 g/mol. The van der Waals surface area contributed by atoms with Crippen molar-refractivity contribution in [2.24, 2.45) is 0 Å². The zero-order chi connectivity index (χ0) is 19.0. The minimum Gasteiger partial charge on any atom is -0.352 e. The SMILES string of the molecule is O=C1CCC(CN(c2sc3ccccc3c2Br)S(=O)(=O)c2ccccc2)N1. The zero-order valence-corrected chi connectivity index (χ0v) is 17.5. The fraction of sp³-hybridized carbons (Fsp3) is 0.211. The Morgan fingerprint density at radius 3 is 2.48 bits per heavy atom. The molecule has 1 unspecified atom stereocenters. The maximum Gasteiger partial charge on any atom is 0.265 e. The first kappa shape index (κ1) is 18.5. The van der Waals surface area contributed by atoms with E-state index in [2.05, 4.69) is 21.2 Å². The van der Waals surface area contributed by atoms with E-state index >= 15 is 0 Å². The van der Waals surface area contributed by atoms with Gasteiger partial charge >= 0.3 is 0 Å². The van der Waals surface area contributed by atoms with Gasteiger partial charge in [0.25, 0.3) is 10.0 Å². The van der Waals surface area contributed by atoms with E-state index in [0.717, 1.165) is 14.6 Å². The molecule has 1 aromatic heterocycles. The number of halogens is 1. The van der Waals surface area contributed by atoms with Crippen molar-refractivity contribution in [1.82, 2.24) is 5.32 Å². The number of hydrogen-bond donors (Lipinski definition) is 1. The highest BCUT2D eigenvalue weighted by molar-refractivity contribution is 9.10. The van der Waals surface area contributed by atoms with Gasteiger partial charge in [-0.05, 0) is 40.5 Å². The Morgan fingerprint density at radius 2 is 1.81 bits per heavy atom. The van der Waals surface area contributed by atoms with Gasteiger partial charge in [0.15, 0.2) is 0 Å². The number of benzene rings is 2. The van der Waals surface area contributed by atoms with Gasteiger partial charge in [0, 0.05) is 22.5 Å². The molecule has 27 heavy (non-hydrogen) atoms. The van der Waals surface area contributed by atoms with E-state index in [1.807, 2.05) is 24.3 Å². The second kappa shape index (κ2) is 7.26. The van der Waals surface area contributed by atoms with Crippen LogP contribution in [0.5, 0.6) is 0 Å². The molecule has 3 aromatic rings. The summed E-state index contributed by atoms with van der Waals surface area (Å²) in [6, 6.07) is 16.0. The molecule has 0 saturated carbocycles. The molecule has 5 nitrogen and oxygen atoms in total. The Kier molecular flexibility index (Phi) is 4.96. The molecule has 1 aliphatic rings. The quantitative estimate of drug-likeness (QED) is 0.616. The number of sulfonamides is 1. The highest BCUT2D eigenvalue weighted by Gasteiger charge is 2.33. The van der Waals surface area contributed by atoms with Crippen molar-refractivity contribution >= 4 is 58.3 Å². The van der Waals surface area contributed by atoms with E-state index < -0.39 is 10.0 Å². The number of rotatable bonds is 5. The molecule has 140 valence electrons. The minimum atomic E-state index is -3.77. The van der Waals surface area contributed by atoms with Crippen molar-refractivity contribution in [3.63, 3.8) is 0 Å². The van der Waals surface area contributed by atoms with Crippen LogP contribution in [0.1, 0.15) is 12.8 Å². The molecule has 0 spiro atoms. The molecule has 8 heteroatoms. The Morgan fingerprint density at radius 1 is 1.11 bits per heavy atom. The number of carbonyl (C=O) groups excluding carboxylic acids is 1. The Bertz CT molecular complexity index is 1100. The molecule has 2 aromatic carbocycles. The smallest absolute Gasteiger partial charge is 0.265 e. The van der Waals surface area contributed by atoms with Crippen molar-refractivity contribution in [3.8, 4) is 0 Å². The lowest BCUT2D eigenvalue weighted by Gasteiger charge is -2.26. The van der Waals surface area contributed by atoms with Gasteiger partial charge in [-0.15, -0.1) is 11.3 Å². The largest absolute Gasteiger partial charge is 0.352 e. The molecule has 1 N–H and O–H groups in total. The third-order valence-corrected chi connectivity index (χ3v) is 8.70. The average molecular weight is 465 g/mol. The van der Waals surface area contributed by atoms with E-state index in [1.54, 1.807) is 30.3 Å². The minimum absolute atomic E-state index is 0.0348. The van der Waals surface area contributed by atoms with Crippen LogP contribution in [-0.4, -0.2) is 26.9 Å². The summed E-state index contributed by atoms with van der Waals surface area (Å²) in [5.74, 6) is -0.0348. The Labute approximate surface area is 170 Å². The third kappa shape index (κ3) is 3.49. The molecule has 0 aliphatic carbocycles. The number of hydrogen-bond acceptors (Lipinski definition) is 4. The predicted octanol–water partition coefficient (Wildman–Crippen LogP) is 4.14. The lowest BCUT2D eigenvalue weighted by molar-refractivity contribution is -0.119. The first-order chi connectivity index (χ1) is 13.0. The summed E-state index contributed by atoms with van der Waals surface area (Å²) >= 11 is 5.02. The topological polar surface area (TPSA) is 66.5 Å². The molecule has 0 bridgehead atoms. The van der Waals surface area contributed by atoms with E-state index in [9.17, 15) is 13.2 Å². The first-order valence-corrected chi connectivity index (χ1v) is 11.6. The normalized spacial score (nSPS) is 17.2. The van der Waals surface area contributed by atoms with Gasteiger partial charge in [-0.25, -0.2) is 8.42 Å². The van der Waals surface area contributed by atoms with Crippen LogP contribution >= 0.6 is 27.3 Å². The number of anilines is 1. The van der Waals surface area contributed by atoms with Gasteiger partial charge in [-0.2, -0.15) is 0 Å². The second-order valence-electron chi connectivity index (χ2n) is 6.37. The molecular formula is C19H17BrN2O3S2. The van der Waals surface area contributed by atoms with Crippen LogP contribution in [-0.2, 0) is 14.8 Å². The van der Waals surface area contributed by atoms with Gasteiger partial charge < -0.3 is 5.32 Å². The molecule has 0 radical (unpaired) electrons. The van der Waals surface area contributed by atoms with Gasteiger partial charge in [0.2, 0.25) is 5.91 Å². The van der Waals surface area contributed by atoms with E-state index in [4.69, 9.17) is 0 Å². The van der Waals surface area contributed by atoms with Crippen LogP contribution in [0.4, 0.5) is 5.00 Å². The number of carbonyl (C=O) groups is 1. The summed E-state index contributed by atoms with van der Waals surface area (Å²) < 4.78 is 30.0. The van der Waals surface area contributed by atoms with Gasteiger partial charge in [-0.1, -0.05) is 36.4 Å². The summed E-state index contributed by atoms with van der Waals surface area (Å²) in [5.41, 5.74) is 0. The molecule has 1 fully saturated rings. The third-order valence-electron chi connectivity index (χ3n) is 4.55. The lowest BCUT2D eigenvalue weighted by Crippen LogP contribution is -2.41. The second-order valence-corrected chi connectivity index (χ2v) is 10.1. The molecule has 2 heterocycles. The highest BCUT2D eigenvalue weighted by Crippen LogP contribution is 2.44. The van der Waals surface area contributed by atoms with Gasteiger partial charge in [-0.3, -0.25) is 9.10 Å². The molecule has 1 saturated heterocycles. The van der Waals surface area contributed by atoms with Crippen molar-refractivity contribution in [3.05, 3.63) is 59.1 Å². The fourth-order valence-electron chi connectivity index (χ4n) is 3.19. The standard InChI is InChI=1S/C19H17BrN2O3S2/c20-18-15-8-4-5-9-16(15)26-19(18)22(12-13-10-11-17(23)21-13)27(24,25)14-6-2-1-3-7-14/h1-9,13H,10-12H2,(H,21,23). The number of nitrogens with one attached hydrogen (secondary N) is 1. The molecule has 1 aliphatic heterocycles. The van der Waals surface area contributed by atoms with E-state index in [-0.39, 0.29) is 23.4 Å². The van der Waals surface area contributed by atoms with E-state index in [0.29, 0.717) is 17.8 Å². The maximum atomic E-state index is 13.4. The number of fused-ring (bicyclic) bond motifs is 1. The van der Waals surface area contributed by atoms with Gasteiger partial charge in [0.05, 0.1) is 15.9 Å². The summed E-state index contributed by atoms with van der Waals surface area (Å²) in [6.07, 6.45) is 1.06. The van der Waals surface area contributed by atoms with Gasteiger partial charge in [0.1, 0.15) is 5.00 Å². The average Bonchev–Trinajstić information content (AvgIpc) is 3.24. The molecule has 4 rings (SSSR count). The number of amides is 1. The van der Waals surface area contributed by atoms with Crippen LogP contribution in [0.2, 0.25) is 0 Å². The number of thiophene rings is 1. The highest BCUT2D eigenvalue weighted by atomic mass is 79.9. The first-order valence-electron chi connectivity index (χ1n) is 8.51. The summed E-state index contributed by atoms with van der Waals surface area (Å²) in [6.45, 7) is 0.203. The molecule has 1 atom stereocenters. The summed E-state index contributed by atoms with van der Waals surface area (Å²) in [4.78, 5) is 11.8. The van der Waals surface area contributed by atoms with Crippen LogP contribution in [0.3, 0.4) is 0 Å². The van der Waals surface area contributed by atoms with Crippen LogP contribution in [0, 0.1) is 0 Å². The zero-order valence-electron chi connectivity index (χ0n) is 14.3. The fourth-order valence-corrected chi connectivity index (χ4v) is 7.10. The van der Waals surface area contributed by atoms with E-state index in [1.165, 1.54) is 15.6 Å². The maximum absolute atomic E-state index is 13.4. The van der Waals surface area contributed by atoms with Crippen LogP contribution in [0.25, 0.3) is 10.1 Å². The Balaban J connectivity index is 1.82. The molecular weight excluding hydrogens is 448 g/mol. The molecule has 1 amide bonds. The number of nitrogens with zero attached hydrogens (tertiary/aromatic N) is 1. The van der Waals surface area contributed by atoms with Crippen molar-refractivity contribution < 1.29 is 13.2 Å². The van der Waals surface area contributed by atoms with Crippen molar-refractivity contribution in [2.75, 3.05) is 10.8 Å². The summed E-state index contributed by atoms with van der Waals surface area (Å²) in [5, 5.41) is 4.47. The predicted molar refractivity (Wildman–Crippen MR) is 112 cm³/mol. The Hall–Kier alpha value is -1.90. The summed E-state index contributed by atoms with van der Waals surface area (Å²) in [7, 11) is -3.77. The van der Waals surface area contributed by atoms with Crippen LogP contribution in [0.15, 0.2) is 64.0 Å². The van der Waals surface area contributed by atoms with Crippen molar-refractivity contribution in [1.29, 1.82) is 0 Å². The van der Waals surface area contributed by atoms with Crippen LogP contribution < -0.4 is 9.62 Å². The lowest BCUT2D eigenvalue weighted by atomic mass is 10.2.